The average molecular weight is 473 g/mol. The van der Waals surface area contributed by atoms with Gasteiger partial charge in [-0.1, -0.05) is 80.6 Å². The number of benzene rings is 3. The molecule has 36 heavy (non-hydrogen) atoms. The monoisotopic (exact) mass is 472 g/mol. The Balaban J connectivity index is 1.39. The number of furan rings is 1. The molecule has 2 nitrogen and oxygen atoms in total. The summed E-state index contributed by atoms with van der Waals surface area (Å²) in [4.78, 5) is 0. The predicted octanol–water partition coefficient (Wildman–Crippen LogP) is 8.35. The lowest BCUT2D eigenvalue weighted by molar-refractivity contribution is -0.660. The van der Waals surface area contributed by atoms with Gasteiger partial charge < -0.3 is 4.42 Å². The van der Waals surface area contributed by atoms with Crippen molar-refractivity contribution >= 4 is 21.9 Å². The van der Waals surface area contributed by atoms with Crippen molar-refractivity contribution in [3.05, 3.63) is 89.6 Å². The molecule has 180 valence electrons. The second-order valence-electron chi connectivity index (χ2n) is 11.1. The summed E-state index contributed by atoms with van der Waals surface area (Å²) in [5, 5.41) is 2.41. The van der Waals surface area contributed by atoms with E-state index in [9.17, 15) is 0 Å². The largest absolute Gasteiger partial charge is 0.454 e. The minimum atomic E-state index is 0.809. The molecule has 7 rings (SSSR count). The van der Waals surface area contributed by atoms with Crippen LogP contribution in [-0.2, 0) is 19.9 Å². The Morgan fingerprint density at radius 3 is 2.39 bits per heavy atom. The number of pyridine rings is 1. The molecule has 0 saturated heterocycles. The van der Waals surface area contributed by atoms with Crippen LogP contribution in [0.25, 0.3) is 44.3 Å². The van der Waals surface area contributed by atoms with Crippen molar-refractivity contribution in [1.82, 2.24) is 0 Å². The van der Waals surface area contributed by atoms with Crippen molar-refractivity contribution in [1.29, 1.82) is 0 Å². The number of aryl methyl sites for hydroxylation is 2. The van der Waals surface area contributed by atoms with Gasteiger partial charge in [0.15, 0.2) is 6.20 Å². The quantitative estimate of drug-likeness (QED) is 0.241. The fraction of sp³-hybridized carbons (Fsp3) is 0.324. The fourth-order valence-corrected chi connectivity index (χ4v) is 7.15. The van der Waals surface area contributed by atoms with Gasteiger partial charge in [0, 0.05) is 28.5 Å². The van der Waals surface area contributed by atoms with Crippen LogP contribution in [0.2, 0.25) is 0 Å². The Labute approximate surface area is 213 Å². The van der Waals surface area contributed by atoms with Crippen LogP contribution in [0.15, 0.2) is 77.3 Å². The van der Waals surface area contributed by atoms with Crippen molar-refractivity contribution in [2.24, 2.45) is 18.9 Å². The summed E-state index contributed by atoms with van der Waals surface area (Å²) >= 11 is 0. The lowest BCUT2D eigenvalue weighted by Gasteiger charge is -2.27. The third kappa shape index (κ3) is 3.42. The molecule has 1 fully saturated rings. The van der Waals surface area contributed by atoms with E-state index >= 15 is 0 Å². The second kappa shape index (κ2) is 8.62. The highest BCUT2D eigenvalue weighted by Crippen LogP contribution is 2.45. The Kier molecular flexibility index (Phi) is 5.23. The molecule has 0 radical (unpaired) electrons. The second-order valence-corrected chi connectivity index (χ2v) is 11.1. The molecule has 1 atom stereocenters. The predicted molar refractivity (Wildman–Crippen MR) is 148 cm³/mol. The Morgan fingerprint density at radius 2 is 1.53 bits per heavy atom. The lowest BCUT2D eigenvalue weighted by Crippen LogP contribution is -2.30. The smallest absolute Gasteiger partial charge is 0.216 e. The van der Waals surface area contributed by atoms with Crippen LogP contribution in [0.4, 0.5) is 0 Å². The van der Waals surface area contributed by atoms with Crippen LogP contribution in [-0.4, -0.2) is 0 Å². The molecule has 2 aliphatic carbocycles. The number of hydrogen-bond donors (Lipinski definition) is 0. The highest BCUT2D eigenvalue weighted by Gasteiger charge is 2.31. The summed E-state index contributed by atoms with van der Waals surface area (Å²) < 4.78 is 9.03. The van der Waals surface area contributed by atoms with Crippen molar-refractivity contribution in [3.8, 4) is 22.4 Å². The van der Waals surface area contributed by atoms with Gasteiger partial charge in [0.2, 0.25) is 5.69 Å². The van der Waals surface area contributed by atoms with Crippen molar-refractivity contribution < 1.29 is 8.98 Å². The maximum atomic E-state index is 6.85. The van der Waals surface area contributed by atoms with Gasteiger partial charge in [-0.15, -0.1) is 0 Å². The Bertz CT molecular complexity index is 1600. The molecule has 2 heteroatoms. The summed E-state index contributed by atoms with van der Waals surface area (Å²) in [5.41, 5.74) is 11.4. The molecule has 1 unspecified atom stereocenters. The number of hydrogen-bond acceptors (Lipinski definition) is 1. The van der Waals surface area contributed by atoms with Gasteiger partial charge >= 0.3 is 0 Å². The highest BCUT2D eigenvalue weighted by molar-refractivity contribution is 6.13. The summed E-state index contributed by atoms with van der Waals surface area (Å²) in [6.45, 7) is 2.19. The van der Waals surface area contributed by atoms with E-state index < -0.39 is 0 Å². The number of para-hydroxylation sites is 1. The first-order valence-electron chi connectivity index (χ1n) is 13.7. The maximum Gasteiger partial charge on any atom is 0.216 e. The number of nitrogens with zero attached hydrogens (tertiary/aromatic N) is 1. The van der Waals surface area contributed by atoms with Gasteiger partial charge in [-0.05, 0) is 59.9 Å². The zero-order valence-corrected chi connectivity index (χ0v) is 21.4. The topological polar surface area (TPSA) is 17.0 Å². The molecule has 0 spiro atoms. The van der Waals surface area contributed by atoms with E-state index in [1.165, 1.54) is 83.7 Å². The molecule has 2 aliphatic rings. The molecule has 2 aromatic heterocycles. The van der Waals surface area contributed by atoms with E-state index in [4.69, 9.17) is 4.42 Å². The molecular formula is C34H34NO+. The molecule has 0 N–H and O–H groups in total. The number of aromatic nitrogens is 1. The number of rotatable bonds is 3. The van der Waals surface area contributed by atoms with Gasteiger partial charge in [0.25, 0.3) is 0 Å². The normalized spacial score (nSPS) is 18.2. The first-order valence-corrected chi connectivity index (χ1v) is 13.7. The summed E-state index contributed by atoms with van der Waals surface area (Å²) in [5.74, 6) is 1.71. The van der Waals surface area contributed by atoms with Gasteiger partial charge in [0.05, 0.1) is 5.56 Å². The van der Waals surface area contributed by atoms with Gasteiger partial charge in [-0.2, -0.15) is 0 Å². The van der Waals surface area contributed by atoms with E-state index in [1.54, 1.807) is 11.1 Å². The molecule has 2 heterocycles. The van der Waals surface area contributed by atoms with Crippen molar-refractivity contribution in [2.75, 3.05) is 0 Å². The minimum absolute atomic E-state index is 0.809. The highest BCUT2D eigenvalue weighted by atomic mass is 16.3. The molecule has 0 aliphatic heterocycles. The van der Waals surface area contributed by atoms with E-state index in [2.05, 4.69) is 91.5 Å². The molecule has 3 aromatic carbocycles. The van der Waals surface area contributed by atoms with E-state index in [-0.39, 0.29) is 0 Å². The summed E-state index contributed by atoms with van der Waals surface area (Å²) in [7, 11) is 2.11. The Morgan fingerprint density at radius 1 is 0.722 bits per heavy atom. The van der Waals surface area contributed by atoms with Crippen molar-refractivity contribution in [3.63, 3.8) is 0 Å². The molecule has 5 aromatic rings. The SMILES string of the molecule is Cc1ccc2c(oc3c(-c4cccc5c4CC(C4CCCCC4)C5)cccc32)c1-c1cccc[n+]1C. The van der Waals surface area contributed by atoms with E-state index in [0.29, 0.717) is 0 Å². The van der Waals surface area contributed by atoms with Crippen LogP contribution in [0.5, 0.6) is 0 Å². The first-order chi connectivity index (χ1) is 17.7. The van der Waals surface area contributed by atoms with E-state index in [0.717, 1.165) is 23.0 Å². The van der Waals surface area contributed by atoms with Crippen LogP contribution in [0, 0.1) is 18.8 Å². The molecule has 1 saturated carbocycles. The van der Waals surface area contributed by atoms with Crippen LogP contribution < -0.4 is 4.57 Å². The zero-order valence-electron chi connectivity index (χ0n) is 21.4. The molecular weight excluding hydrogens is 438 g/mol. The maximum absolute atomic E-state index is 6.85. The van der Waals surface area contributed by atoms with Gasteiger partial charge in [-0.25, -0.2) is 4.57 Å². The Hall–Kier alpha value is -3.39. The minimum Gasteiger partial charge on any atom is -0.454 e. The number of fused-ring (bicyclic) bond motifs is 4. The van der Waals surface area contributed by atoms with E-state index in [1.807, 2.05) is 0 Å². The average Bonchev–Trinajstić information content (AvgIpc) is 3.51. The summed E-state index contributed by atoms with van der Waals surface area (Å²) in [6.07, 6.45) is 11.7. The van der Waals surface area contributed by atoms with Gasteiger partial charge in [0.1, 0.15) is 18.2 Å². The third-order valence-electron chi connectivity index (χ3n) is 9.01. The van der Waals surface area contributed by atoms with Crippen LogP contribution in [0.3, 0.4) is 0 Å². The summed E-state index contributed by atoms with van der Waals surface area (Å²) in [6, 6.07) is 24.5. The van der Waals surface area contributed by atoms with Crippen LogP contribution >= 0.6 is 0 Å². The molecule has 0 amide bonds. The first kappa shape index (κ1) is 21.9. The standard InChI is InChI=1S/C34H34NO/c1-22-17-18-29-28-15-9-14-27(33(28)36-34(29)32(22)31-16-6-7-19-35(31)2)26-13-8-12-24-20-25(21-30(24)26)23-10-4-3-5-11-23/h6-9,12-19,23,25H,3-5,10-11,20-21H2,1-2H3/q+1. The van der Waals surface area contributed by atoms with Crippen molar-refractivity contribution in [2.45, 2.75) is 51.9 Å². The lowest BCUT2D eigenvalue weighted by atomic mass is 9.78. The fourth-order valence-electron chi connectivity index (χ4n) is 7.15. The van der Waals surface area contributed by atoms with Crippen LogP contribution in [0.1, 0.15) is 48.8 Å². The molecule has 0 bridgehead atoms. The van der Waals surface area contributed by atoms with Gasteiger partial charge in [-0.3, -0.25) is 0 Å². The zero-order chi connectivity index (χ0) is 24.2. The third-order valence-corrected chi connectivity index (χ3v) is 9.01.